The largest absolute Gasteiger partial charge is 0.494 e. The molecule has 1 aromatic carbocycles. The maximum atomic E-state index is 12.4. The van der Waals surface area contributed by atoms with Gasteiger partial charge in [-0.25, -0.2) is 0 Å². The van der Waals surface area contributed by atoms with Crippen LogP contribution in [-0.4, -0.2) is 48.5 Å². The number of carbonyl (C=O) groups excluding carboxylic acids is 1. The Kier molecular flexibility index (Phi) is 5.78. The van der Waals surface area contributed by atoms with Crippen LogP contribution in [0.4, 0.5) is 0 Å². The van der Waals surface area contributed by atoms with Crippen molar-refractivity contribution in [1.82, 2.24) is 9.80 Å². The Hall–Kier alpha value is -2.27. The Bertz CT molecular complexity index is 751. The lowest BCUT2D eigenvalue weighted by Crippen LogP contribution is -2.35. The molecule has 1 fully saturated rings. The first-order valence-electron chi connectivity index (χ1n) is 10.1. The smallest absolute Gasteiger partial charge is 0.289 e. The van der Waals surface area contributed by atoms with Crippen molar-refractivity contribution < 1.29 is 13.9 Å². The molecule has 1 aromatic heterocycles. The van der Waals surface area contributed by atoms with Gasteiger partial charge >= 0.3 is 0 Å². The summed E-state index contributed by atoms with van der Waals surface area (Å²) in [6.07, 6.45) is 7.53. The average molecular weight is 368 g/mol. The molecule has 4 rings (SSSR count). The summed E-state index contributed by atoms with van der Waals surface area (Å²) >= 11 is 0. The molecule has 144 valence electrons. The summed E-state index contributed by atoms with van der Waals surface area (Å²) in [5.74, 6) is 1.31. The van der Waals surface area contributed by atoms with Gasteiger partial charge in [0, 0.05) is 19.6 Å². The molecule has 5 heteroatoms. The maximum Gasteiger partial charge on any atom is 0.289 e. The van der Waals surface area contributed by atoms with Crippen LogP contribution in [0.2, 0.25) is 0 Å². The van der Waals surface area contributed by atoms with Crippen molar-refractivity contribution in [2.24, 2.45) is 0 Å². The summed E-state index contributed by atoms with van der Waals surface area (Å²) < 4.78 is 11.2. The van der Waals surface area contributed by atoms with E-state index >= 15 is 0 Å². The van der Waals surface area contributed by atoms with E-state index in [0.29, 0.717) is 18.8 Å². The predicted molar refractivity (Wildman–Crippen MR) is 104 cm³/mol. The number of amides is 1. The Morgan fingerprint density at radius 1 is 1.07 bits per heavy atom. The second-order valence-corrected chi connectivity index (χ2v) is 7.49. The second kappa shape index (κ2) is 8.61. The van der Waals surface area contributed by atoms with Crippen molar-refractivity contribution in [3.05, 3.63) is 53.5 Å². The minimum atomic E-state index is -0.0383. The molecule has 0 atom stereocenters. The fourth-order valence-electron chi connectivity index (χ4n) is 4.01. The van der Waals surface area contributed by atoms with Gasteiger partial charge < -0.3 is 19.0 Å². The molecule has 1 amide bonds. The normalized spacial score (nSPS) is 17.6. The Morgan fingerprint density at radius 2 is 1.96 bits per heavy atom. The van der Waals surface area contributed by atoms with Crippen molar-refractivity contribution in [3.63, 3.8) is 0 Å². The molecule has 0 unspecified atom stereocenters. The van der Waals surface area contributed by atoms with E-state index in [4.69, 9.17) is 9.15 Å². The van der Waals surface area contributed by atoms with Gasteiger partial charge in [-0.1, -0.05) is 12.5 Å². The van der Waals surface area contributed by atoms with E-state index in [9.17, 15) is 4.79 Å². The van der Waals surface area contributed by atoms with Crippen molar-refractivity contribution in [2.45, 2.75) is 38.6 Å². The van der Waals surface area contributed by atoms with Crippen molar-refractivity contribution in [1.29, 1.82) is 0 Å². The SMILES string of the molecule is O=C(c1ccco1)N1CCc2cc(OCCCN3CCCCC3)ccc2C1. The molecule has 27 heavy (non-hydrogen) atoms. The summed E-state index contributed by atoms with van der Waals surface area (Å²) in [6.45, 7) is 5.72. The first kappa shape index (κ1) is 18.1. The molecule has 2 aliphatic heterocycles. The highest BCUT2D eigenvalue weighted by Crippen LogP contribution is 2.25. The van der Waals surface area contributed by atoms with Gasteiger partial charge in [-0.15, -0.1) is 0 Å². The molecule has 2 aliphatic rings. The molecule has 0 bridgehead atoms. The zero-order valence-corrected chi connectivity index (χ0v) is 15.9. The third-order valence-electron chi connectivity index (χ3n) is 5.55. The Balaban J connectivity index is 1.27. The number of piperidine rings is 1. The molecular formula is C22H28N2O3. The second-order valence-electron chi connectivity index (χ2n) is 7.49. The van der Waals surface area contributed by atoms with Gasteiger partial charge in [0.05, 0.1) is 12.9 Å². The number of nitrogens with zero attached hydrogens (tertiary/aromatic N) is 2. The standard InChI is InChI=1S/C22H28N2O3/c25-22(21-6-4-14-27-21)24-13-9-18-16-20(8-7-19(18)17-24)26-15-5-12-23-10-2-1-3-11-23/h4,6-8,14,16H,1-3,5,9-13,15,17H2. The first-order valence-corrected chi connectivity index (χ1v) is 10.1. The van der Waals surface area contributed by atoms with Crippen LogP contribution in [0.25, 0.3) is 0 Å². The monoisotopic (exact) mass is 368 g/mol. The molecule has 1 saturated heterocycles. The molecular weight excluding hydrogens is 340 g/mol. The van der Waals surface area contributed by atoms with Gasteiger partial charge in [-0.2, -0.15) is 0 Å². The summed E-state index contributed by atoms with van der Waals surface area (Å²) in [7, 11) is 0. The third-order valence-corrected chi connectivity index (χ3v) is 5.55. The topological polar surface area (TPSA) is 45.9 Å². The number of hydrogen-bond acceptors (Lipinski definition) is 4. The summed E-state index contributed by atoms with van der Waals surface area (Å²) in [5.41, 5.74) is 2.48. The van der Waals surface area contributed by atoms with Crippen LogP contribution in [0.1, 0.15) is 47.4 Å². The zero-order chi connectivity index (χ0) is 18.5. The molecule has 0 aliphatic carbocycles. The zero-order valence-electron chi connectivity index (χ0n) is 15.9. The van der Waals surface area contributed by atoms with Crippen LogP contribution < -0.4 is 4.74 Å². The van der Waals surface area contributed by atoms with E-state index in [-0.39, 0.29) is 5.91 Å². The van der Waals surface area contributed by atoms with Crippen molar-refractivity contribution in [2.75, 3.05) is 32.8 Å². The third kappa shape index (κ3) is 4.53. The molecule has 3 heterocycles. The summed E-state index contributed by atoms with van der Waals surface area (Å²) in [4.78, 5) is 16.8. The van der Waals surface area contributed by atoms with Crippen LogP contribution in [0.5, 0.6) is 5.75 Å². The van der Waals surface area contributed by atoms with Crippen molar-refractivity contribution >= 4 is 5.91 Å². The fraction of sp³-hybridized carbons (Fsp3) is 0.500. The number of fused-ring (bicyclic) bond motifs is 1. The fourth-order valence-corrected chi connectivity index (χ4v) is 4.01. The van der Waals surface area contributed by atoms with Gasteiger partial charge in [0.15, 0.2) is 5.76 Å². The lowest BCUT2D eigenvalue weighted by molar-refractivity contribution is 0.0702. The molecule has 0 saturated carbocycles. The number of ether oxygens (including phenoxy) is 1. The van der Waals surface area contributed by atoms with E-state index < -0.39 is 0 Å². The highest BCUT2D eigenvalue weighted by molar-refractivity contribution is 5.91. The Labute approximate surface area is 160 Å². The average Bonchev–Trinajstić information content (AvgIpc) is 3.26. The Morgan fingerprint density at radius 3 is 2.78 bits per heavy atom. The lowest BCUT2D eigenvalue weighted by atomic mass is 9.99. The maximum absolute atomic E-state index is 12.4. The number of rotatable bonds is 6. The first-order chi connectivity index (χ1) is 13.3. The van der Waals surface area contributed by atoms with E-state index in [0.717, 1.165) is 31.7 Å². The van der Waals surface area contributed by atoms with Crippen LogP contribution in [0.15, 0.2) is 41.0 Å². The minimum absolute atomic E-state index is 0.0383. The number of likely N-dealkylation sites (tertiary alicyclic amines) is 1. The van der Waals surface area contributed by atoms with Crippen LogP contribution in [0, 0.1) is 0 Å². The molecule has 0 spiro atoms. The van der Waals surface area contributed by atoms with E-state index in [1.54, 1.807) is 18.4 Å². The van der Waals surface area contributed by atoms with Gasteiger partial charge in [0.2, 0.25) is 0 Å². The van der Waals surface area contributed by atoms with E-state index in [2.05, 4.69) is 17.0 Å². The summed E-state index contributed by atoms with van der Waals surface area (Å²) in [6, 6.07) is 9.74. The summed E-state index contributed by atoms with van der Waals surface area (Å²) in [5, 5.41) is 0. The molecule has 5 nitrogen and oxygen atoms in total. The van der Waals surface area contributed by atoms with Gasteiger partial charge in [0.25, 0.3) is 5.91 Å². The number of hydrogen-bond donors (Lipinski definition) is 0. The molecule has 0 N–H and O–H groups in total. The van der Waals surface area contributed by atoms with E-state index in [1.807, 2.05) is 11.0 Å². The van der Waals surface area contributed by atoms with Crippen LogP contribution in [0.3, 0.4) is 0 Å². The lowest BCUT2D eigenvalue weighted by Gasteiger charge is -2.28. The molecule has 2 aromatic rings. The quantitative estimate of drug-likeness (QED) is 0.729. The van der Waals surface area contributed by atoms with Crippen LogP contribution in [-0.2, 0) is 13.0 Å². The van der Waals surface area contributed by atoms with Gasteiger partial charge in [-0.05, 0) is 74.2 Å². The van der Waals surface area contributed by atoms with Crippen LogP contribution >= 0.6 is 0 Å². The predicted octanol–water partition coefficient (Wildman–Crippen LogP) is 3.73. The van der Waals surface area contributed by atoms with Gasteiger partial charge in [-0.3, -0.25) is 4.79 Å². The highest BCUT2D eigenvalue weighted by atomic mass is 16.5. The van der Waals surface area contributed by atoms with Crippen molar-refractivity contribution in [3.8, 4) is 5.75 Å². The van der Waals surface area contributed by atoms with Gasteiger partial charge in [0.1, 0.15) is 5.75 Å². The molecule has 0 radical (unpaired) electrons. The number of benzene rings is 1. The highest BCUT2D eigenvalue weighted by Gasteiger charge is 2.23. The number of furan rings is 1. The van der Waals surface area contributed by atoms with E-state index in [1.165, 1.54) is 43.5 Å². The minimum Gasteiger partial charge on any atom is -0.494 e. The number of carbonyl (C=O) groups is 1.